The maximum absolute atomic E-state index is 10.1. The number of hydrogen-bond acceptors (Lipinski definition) is 10. The van der Waals surface area contributed by atoms with Crippen LogP contribution in [0.5, 0.6) is 0 Å². The Morgan fingerprint density at radius 2 is 1.83 bits per heavy atom. The van der Waals surface area contributed by atoms with E-state index in [1.54, 1.807) is 12.3 Å². The number of rotatable bonds is 7. The van der Waals surface area contributed by atoms with Gasteiger partial charge in [-0.1, -0.05) is 39.0 Å². The van der Waals surface area contributed by atoms with Crippen molar-refractivity contribution < 1.29 is 0 Å². The van der Waals surface area contributed by atoms with Gasteiger partial charge in [0, 0.05) is 41.6 Å². The highest BCUT2D eigenvalue weighted by molar-refractivity contribution is 5.99. The molecule has 0 saturated heterocycles. The van der Waals surface area contributed by atoms with Crippen molar-refractivity contribution in [2.45, 2.75) is 45.2 Å². The van der Waals surface area contributed by atoms with Gasteiger partial charge in [-0.15, -0.1) is 5.53 Å². The first-order valence-electron chi connectivity index (χ1n) is 13.8. The van der Waals surface area contributed by atoms with E-state index in [-0.39, 0.29) is 5.41 Å². The fourth-order valence-corrected chi connectivity index (χ4v) is 5.20. The molecule has 0 amide bonds. The molecule has 10 nitrogen and oxygen atoms in total. The van der Waals surface area contributed by atoms with E-state index in [2.05, 4.69) is 70.5 Å². The summed E-state index contributed by atoms with van der Waals surface area (Å²) in [7, 11) is 0. The second-order valence-electron chi connectivity index (χ2n) is 11.9. The van der Waals surface area contributed by atoms with Gasteiger partial charge < -0.3 is 16.1 Å². The molecule has 4 aromatic rings. The van der Waals surface area contributed by atoms with Crippen LogP contribution >= 0.6 is 0 Å². The molecule has 0 radical (unpaired) electrons. The molecule has 42 heavy (non-hydrogen) atoms. The van der Waals surface area contributed by atoms with E-state index in [1.165, 1.54) is 6.20 Å². The SMILES string of the molecule is CC(C)(C)CNc1c(C#N)cnc2c(C#N)cc(N[C@H](C3=CN(C4(C#N)CC4)NN3)c3cccc4ncccc34)cc12. The molecule has 1 aliphatic carbocycles. The van der Waals surface area contributed by atoms with Gasteiger partial charge in [-0.2, -0.15) is 15.8 Å². The van der Waals surface area contributed by atoms with Crippen molar-refractivity contribution in [2.24, 2.45) is 5.41 Å². The number of nitrogens with one attached hydrogen (secondary N) is 4. The second-order valence-corrected chi connectivity index (χ2v) is 11.9. The smallest absolute Gasteiger partial charge is 0.143 e. The summed E-state index contributed by atoms with van der Waals surface area (Å²) in [6.07, 6.45) is 6.79. The lowest BCUT2D eigenvalue weighted by Gasteiger charge is -2.24. The van der Waals surface area contributed by atoms with Crippen LogP contribution in [0.2, 0.25) is 0 Å². The molecule has 1 saturated carbocycles. The van der Waals surface area contributed by atoms with Crippen LogP contribution in [0, 0.1) is 39.4 Å². The van der Waals surface area contributed by atoms with Crippen molar-refractivity contribution >= 4 is 33.2 Å². The fraction of sp³-hybridized carbons (Fsp3) is 0.281. The van der Waals surface area contributed by atoms with Gasteiger partial charge in [0.2, 0.25) is 0 Å². The van der Waals surface area contributed by atoms with Crippen molar-refractivity contribution in [3.63, 3.8) is 0 Å². The minimum atomic E-state index is -0.566. The Hall–Kier alpha value is -5.37. The van der Waals surface area contributed by atoms with Crippen molar-refractivity contribution in [3.05, 3.63) is 83.4 Å². The largest absolute Gasteiger partial charge is 0.383 e. The van der Waals surface area contributed by atoms with Gasteiger partial charge in [-0.3, -0.25) is 15.0 Å². The quantitative estimate of drug-likeness (QED) is 0.235. The third-order valence-electron chi connectivity index (χ3n) is 7.60. The van der Waals surface area contributed by atoms with E-state index in [9.17, 15) is 15.8 Å². The monoisotopic (exact) mass is 554 g/mol. The van der Waals surface area contributed by atoms with Crippen LogP contribution in [0.3, 0.4) is 0 Å². The molecule has 10 heteroatoms. The Morgan fingerprint density at radius 3 is 2.55 bits per heavy atom. The predicted molar refractivity (Wildman–Crippen MR) is 161 cm³/mol. The van der Waals surface area contributed by atoms with Gasteiger partial charge in [-0.25, -0.2) is 0 Å². The summed E-state index contributed by atoms with van der Waals surface area (Å²) in [6, 6.07) is 20.2. The summed E-state index contributed by atoms with van der Waals surface area (Å²) in [5, 5.41) is 40.4. The average Bonchev–Trinajstić information content (AvgIpc) is 3.64. The Labute approximate surface area is 244 Å². The highest BCUT2D eigenvalue weighted by atomic mass is 15.7. The van der Waals surface area contributed by atoms with E-state index in [0.717, 1.165) is 35.0 Å². The minimum Gasteiger partial charge on any atom is -0.383 e. The van der Waals surface area contributed by atoms with Crippen molar-refractivity contribution in [3.8, 4) is 18.2 Å². The molecule has 1 aliphatic heterocycles. The number of pyridine rings is 2. The van der Waals surface area contributed by atoms with Crippen LogP contribution in [-0.2, 0) is 0 Å². The molecule has 3 heterocycles. The lowest BCUT2D eigenvalue weighted by atomic mass is 9.96. The zero-order valence-electron chi connectivity index (χ0n) is 23.7. The number of anilines is 2. The first kappa shape index (κ1) is 26.8. The number of fused-ring (bicyclic) bond motifs is 2. The van der Waals surface area contributed by atoms with Gasteiger partial charge >= 0.3 is 0 Å². The summed E-state index contributed by atoms with van der Waals surface area (Å²) < 4.78 is 0. The lowest BCUT2D eigenvalue weighted by Crippen LogP contribution is -2.44. The van der Waals surface area contributed by atoms with E-state index >= 15 is 0 Å². The van der Waals surface area contributed by atoms with E-state index in [1.807, 2.05) is 47.6 Å². The molecule has 0 spiro atoms. The van der Waals surface area contributed by atoms with Crippen LogP contribution in [0.4, 0.5) is 11.4 Å². The number of benzene rings is 2. The van der Waals surface area contributed by atoms with E-state index < -0.39 is 11.6 Å². The first-order chi connectivity index (χ1) is 20.2. The number of hydrogen-bond donors (Lipinski definition) is 4. The fourth-order valence-electron chi connectivity index (χ4n) is 5.20. The standard InChI is InChI=1S/C32H30N10/c1-31(2,3)19-38-29-21(15-34)16-37-28-20(14-33)12-22(13-25(28)29)39-30(24-6-4-8-26-23(24)7-5-11-36-26)27-17-42(41-40-27)32(18-35)9-10-32/h4-8,11-13,16-17,30,39-41H,9-10,19H2,1-3H3,(H,37,38)/t30-/m0/s1. The van der Waals surface area contributed by atoms with E-state index in [4.69, 9.17) is 0 Å². The van der Waals surface area contributed by atoms with Crippen LogP contribution in [0.1, 0.15) is 56.3 Å². The van der Waals surface area contributed by atoms with Crippen LogP contribution in [-0.4, -0.2) is 27.1 Å². The number of hydrazine groups is 2. The Morgan fingerprint density at radius 1 is 1.02 bits per heavy atom. The van der Waals surface area contributed by atoms with Crippen LogP contribution in [0.15, 0.2) is 66.8 Å². The molecule has 0 bridgehead atoms. The first-order valence-corrected chi connectivity index (χ1v) is 13.8. The third-order valence-corrected chi connectivity index (χ3v) is 7.60. The summed E-state index contributed by atoms with van der Waals surface area (Å²) in [6.45, 7) is 6.98. The molecule has 6 rings (SSSR count). The Bertz CT molecular complexity index is 1860. The molecule has 4 N–H and O–H groups in total. The number of aromatic nitrogens is 2. The summed E-state index contributed by atoms with van der Waals surface area (Å²) in [4.78, 5) is 9.03. The van der Waals surface area contributed by atoms with Gasteiger partial charge in [0.25, 0.3) is 0 Å². The average molecular weight is 555 g/mol. The summed E-state index contributed by atoms with van der Waals surface area (Å²) in [5.41, 5.74) is 11.1. The number of nitrogens with zero attached hydrogens (tertiary/aromatic N) is 6. The molecule has 2 aromatic heterocycles. The maximum Gasteiger partial charge on any atom is 0.143 e. The van der Waals surface area contributed by atoms with Gasteiger partial charge in [0.05, 0.1) is 45.7 Å². The highest BCUT2D eigenvalue weighted by Gasteiger charge is 2.50. The van der Waals surface area contributed by atoms with Gasteiger partial charge in [0.15, 0.2) is 0 Å². The van der Waals surface area contributed by atoms with Gasteiger partial charge in [-0.05, 0) is 48.1 Å². The Kier molecular flexibility index (Phi) is 6.54. The van der Waals surface area contributed by atoms with Crippen molar-refractivity contribution in [2.75, 3.05) is 17.2 Å². The van der Waals surface area contributed by atoms with E-state index in [0.29, 0.717) is 39.9 Å². The highest BCUT2D eigenvalue weighted by Crippen LogP contribution is 2.42. The van der Waals surface area contributed by atoms with Crippen LogP contribution in [0.25, 0.3) is 21.8 Å². The van der Waals surface area contributed by atoms with Crippen molar-refractivity contribution in [1.29, 1.82) is 15.8 Å². The third kappa shape index (κ3) is 4.88. The molecule has 208 valence electrons. The topological polar surface area (TPSA) is 149 Å². The molecule has 2 aromatic carbocycles. The molecule has 0 unspecified atom stereocenters. The normalized spacial score (nSPS) is 16.1. The summed E-state index contributed by atoms with van der Waals surface area (Å²) in [5.74, 6) is 0. The molecule has 1 atom stereocenters. The predicted octanol–water partition coefficient (Wildman–Crippen LogP) is 5.36. The minimum absolute atomic E-state index is 0.0361. The number of nitriles is 3. The lowest BCUT2D eigenvalue weighted by molar-refractivity contribution is 0.217. The zero-order chi connectivity index (χ0) is 29.5. The molecular weight excluding hydrogens is 524 g/mol. The zero-order valence-corrected chi connectivity index (χ0v) is 23.7. The van der Waals surface area contributed by atoms with Gasteiger partial charge in [0.1, 0.15) is 17.7 Å². The maximum atomic E-state index is 10.1. The summed E-state index contributed by atoms with van der Waals surface area (Å²) >= 11 is 0. The molecule has 2 aliphatic rings. The van der Waals surface area contributed by atoms with Crippen LogP contribution < -0.4 is 21.6 Å². The molecule has 1 fully saturated rings. The van der Waals surface area contributed by atoms with Crippen molar-refractivity contribution in [1.82, 2.24) is 25.9 Å². The molecular formula is C32H30N10. The second kappa shape index (κ2) is 10.2. The Balaban J connectivity index is 1.49.